The van der Waals surface area contributed by atoms with E-state index in [1.807, 2.05) is 20.8 Å². The van der Waals surface area contributed by atoms with E-state index in [1.54, 1.807) is 0 Å². The van der Waals surface area contributed by atoms with Crippen LogP contribution in [0.15, 0.2) is 29.2 Å². The van der Waals surface area contributed by atoms with Crippen LogP contribution < -0.4 is 0 Å². The fourth-order valence-corrected chi connectivity index (χ4v) is 2.35. The molecule has 0 unspecified atom stereocenters. The number of ether oxygens (including phenoxy) is 1. The molecular formula is C12H17FO3S. The van der Waals surface area contributed by atoms with Crippen LogP contribution in [-0.2, 0) is 14.6 Å². The molecule has 0 aliphatic carbocycles. The molecule has 5 heteroatoms. The first-order valence-corrected chi connectivity index (χ1v) is 6.98. The number of sulfone groups is 1. The maximum Gasteiger partial charge on any atom is 0.180 e. The first kappa shape index (κ1) is 14.1. The lowest BCUT2D eigenvalue weighted by atomic mass is 10.2. The summed E-state index contributed by atoms with van der Waals surface area (Å²) in [5.74, 6) is -0.698. The van der Waals surface area contributed by atoms with Crippen LogP contribution in [0.2, 0.25) is 0 Å². The summed E-state index contributed by atoms with van der Waals surface area (Å²) in [6.45, 7) is 5.65. The van der Waals surface area contributed by atoms with E-state index in [-0.39, 0.29) is 22.9 Å². The predicted molar refractivity (Wildman–Crippen MR) is 64.2 cm³/mol. The van der Waals surface area contributed by atoms with Gasteiger partial charge in [0.2, 0.25) is 0 Å². The molecule has 17 heavy (non-hydrogen) atoms. The Labute approximate surface area is 102 Å². The minimum absolute atomic E-state index is 0.00462. The van der Waals surface area contributed by atoms with Gasteiger partial charge in [-0.05, 0) is 39.0 Å². The molecule has 0 aliphatic rings. The number of hydrogen-bond donors (Lipinski definition) is 0. The Kier molecular flexibility index (Phi) is 4.27. The lowest BCUT2D eigenvalue weighted by molar-refractivity contribution is 0.00644. The van der Waals surface area contributed by atoms with Crippen LogP contribution in [0.5, 0.6) is 0 Å². The molecule has 0 aromatic heterocycles. The standard InChI is InChI=1S/C12H17FO3S/c1-12(2,3)16-7-8-17(14,15)11-6-4-5-10(13)9-11/h4-6,9H,7-8H2,1-3H3. The van der Waals surface area contributed by atoms with Crippen molar-refractivity contribution in [2.75, 3.05) is 12.4 Å². The highest BCUT2D eigenvalue weighted by Gasteiger charge is 2.17. The molecule has 0 spiro atoms. The summed E-state index contributed by atoms with van der Waals surface area (Å²) in [6.07, 6.45) is 0. The summed E-state index contributed by atoms with van der Waals surface area (Å²) in [7, 11) is -3.47. The minimum atomic E-state index is -3.47. The van der Waals surface area contributed by atoms with Crippen molar-refractivity contribution in [3.05, 3.63) is 30.1 Å². The van der Waals surface area contributed by atoms with Gasteiger partial charge >= 0.3 is 0 Å². The van der Waals surface area contributed by atoms with Gasteiger partial charge in [0.05, 0.1) is 22.9 Å². The van der Waals surface area contributed by atoms with Gasteiger partial charge in [0, 0.05) is 0 Å². The molecule has 96 valence electrons. The minimum Gasteiger partial charge on any atom is -0.375 e. The van der Waals surface area contributed by atoms with Gasteiger partial charge in [-0.15, -0.1) is 0 Å². The zero-order chi connectivity index (χ0) is 13.1. The Hall–Kier alpha value is -0.940. The van der Waals surface area contributed by atoms with Crippen molar-refractivity contribution >= 4 is 9.84 Å². The number of halogens is 1. The van der Waals surface area contributed by atoms with Crippen molar-refractivity contribution in [3.8, 4) is 0 Å². The van der Waals surface area contributed by atoms with Crippen molar-refractivity contribution in [2.45, 2.75) is 31.3 Å². The molecule has 0 fully saturated rings. The van der Waals surface area contributed by atoms with E-state index < -0.39 is 15.7 Å². The summed E-state index contributed by atoms with van der Waals surface area (Å²) >= 11 is 0. The summed E-state index contributed by atoms with van der Waals surface area (Å²) in [5.41, 5.74) is -0.378. The second-order valence-electron chi connectivity index (χ2n) is 4.74. The average molecular weight is 260 g/mol. The second-order valence-corrected chi connectivity index (χ2v) is 6.85. The third kappa shape index (κ3) is 4.83. The molecule has 0 amide bonds. The van der Waals surface area contributed by atoms with Crippen molar-refractivity contribution in [1.82, 2.24) is 0 Å². The van der Waals surface area contributed by atoms with E-state index in [0.717, 1.165) is 6.07 Å². The van der Waals surface area contributed by atoms with E-state index in [1.165, 1.54) is 18.2 Å². The average Bonchev–Trinajstić information content (AvgIpc) is 2.15. The van der Waals surface area contributed by atoms with E-state index in [2.05, 4.69) is 0 Å². The highest BCUT2D eigenvalue weighted by molar-refractivity contribution is 7.91. The molecule has 0 saturated carbocycles. The Morgan fingerprint density at radius 1 is 1.29 bits per heavy atom. The lowest BCUT2D eigenvalue weighted by Crippen LogP contribution is -2.23. The Morgan fingerprint density at radius 3 is 2.47 bits per heavy atom. The molecule has 1 aromatic carbocycles. The van der Waals surface area contributed by atoms with Gasteiger partial charge in [-0.1, -0.05) is 6.07 Å². The van der Waals surface area contributed by atoms with E-state index in [9.17, 15) is 12.8 Å². The zero-order valence-electron chi connectivity index (χ0n) is 10.2. The molecule has 0 aliphatic heterocycles. The third-order valence-electron chi connectivity index (χ3n) is 2.04. The number of rotatable bonds is 4. The highest BCUT2D eigenvalue weighted by Crippen LogP contribution is 2.14. The molecule has 0 heterocycles. The molecule has 1 aromatic rings. The number of hydrogen-bond acceptors (Lipinski definition) is 3. The zero-order valence-corrected chi connectivity index (χ0v) is 11.1. The molecule has 3 nitrogen and oxygen atoms in total. The quantitative estimate of drug-likeness (QED) is 0.835. The summed E-state index contributed by atoms with van der Waals surface area (Å²) in [5, 5.41) is 0. The van der Waals surface area contributed by atoms with Crippen LogP contribution in [0, 0.1) is 5.82 Å². The summed E-state index contributed by atoms with van der Waals surface area (Å²) < 4.78 is 41.9. The van der Waals surface area contributed by atoms with Crippen molar-refractivity contribution in [2.24, 2.45) is 0 Å². The molecule has 0 atom stereocenters. The van der Waals surface area contributed by atoms with Crippen molar-refractivity contribution < 1.29 is 17.5 Å². The van der Waals surface area contributed by atoms with E-state index >= 15 is 0 Å². The van der Waals surface area contributed by atoms with Crippen LogP contribution >= 0.6 is 0 Å². The van der Waals surface area contributed by atoms with Gasteiger partial charge in [-0.3, -0.25) is 0 Å². The normalized spacial score (nSPS) is 12.7. The van der Waals surface area contributed by atoms with Crippen LogP contribution in [-0.4, -0.2) is 26.4 Å². The smallest absolute Gasteiger partial charge is 0.180 e. The molecule has 0 saturated heterocycles. The monoisotopic (exact) mass is 260 g/mol. The Balaban J connectivity index is 2.70. The van der Waals surface area contributed by atoms with Crippen LogP contribution in [0.4, 0.5) is 4.39 Å². The van der Waals surface area contributed by atoms with Gasteiger partial charge < -0.3 is 4.74 Å². The van der Waals surface area contributed by atoms with Crippen LogP contribution in [0.1, 0.15) is 20.8 Å². The number of benzene rings is 1. The second kappa shape index (κ2) is 5.14. The molecule has 0 bridgehead atoms. The Bertz CT molecular complexity index is 475. The van der Waals surface area contributed by atoms with Gasteiger partial charge in [0.15, 0.2) is 9.84 Å². The largest absolute Gasteiger partial charge is 0.375 e. The first-order valence-electron chi connectivity index (χ1n) is 5.33. The first-order chi connectivity index (χ1) is 7.71. The van der Waals surface area contributed by atoms with Crippen molar-refractivity contribution in [1.29, 1.82) is 0 Å². The maximum atomic E-state index is 12.9. The maximum absolute atomic E-state index is 12.9. The summed E-state index contributed by atoms with van der Waals surface area (Å²) in [6, 6.07) is 5.00. The van der Waals surface area contributed by atoms with Crippen LogP contribution in [0.3, 0.4) is 0 Å². The van der Waals surface area contributed by atoms with Gasteiger partial charge in [0.1, 0.15) is 5.82 Å². The molecular weight excluding hydrogens is 243 g/mol. The van der Waals surface area contributed by atoms with Gasteiger partial charge in [-0.2, -0.15) is 0 Å². The predicted octanol–water partition coefficient (Wildman–Crippen LogP) is 2.41. The SMILES string of the molecule is CC(C)(C)OCCS(=O)(=O)c1cccc(F)c1. The van der Waals surface area contributed by atoms with Gasteiger partial charge in [-0.25, -0.2) is 12.8 Å². The van der Waals surface area contributed by atoms with E-state index in [4.69, 9.17) is 4.74 Å². The van der Waals surface area contributed by atoms with Gasteiger partial charge in [0.25, 0.3) is 0 Å². The van der Waals surface area contributed by atoms with E-state index in [0.29, 0.717) is 0 Å². The topological polar surface area (TPSA) is 43.4 Å². The summed E-state index contributed by atoms with van der Waals surface area (Å²) in [4.78, 5) is -0.00462. The molecule has 0 N–H and O–H groups in total. The highest BCUT2D eigenvalue weighted by atomic mass is 32.2. The fraction of sp³-hybridized carbons (Fsp3) is 0.500. The third-order valence-corrected chi connectivity index (χ3v) is 3.72. The molecule has 0 radical (unpaired) electrons. The van der Waals surface area contributed by atoms with Crippen LogP contribution in [0.25, 0.3) is 0 Å². The Morgan fingerprint density at radius 2 is 1.94 bits per heavy atom. The lowest BCUT2D eigenvalue weighted by Gasteiger charge is -2.19. The van der Waals surface area contributed by atoms with Crippen molar-refractivity contribution in [3.63, 3.8) is 0 Å². The fourth-order valence-electron chi connectivity index (χ4n) is 1.24. The molecule has 1 rings (SSSR count).